The van der Waals surface area contributed by atoms with Crippen LogP contribution in [-0.2, 0) is 4.84 Å². The zero-order valence-electron chi connectivity index (χ0n) is 19.7. The molecular weight excluding hydrogens is 561 g/mol. The van der Waals surface area contributed by atoms with E-state index in [-0.39, 0.29) is 30.2 Å². The minimum atomic E-state index is -0.705. The predicted molar refractivity (Wildman–Crippen MR) is 146 cm³/mol. The van der Waals surface area contributed by atoms with E-state index in [1.807, 2.05) is 26.2 Å². The van der Waals surface area contributed by atoms with Crippen molar-refractivity contribution in [2.45, 2.75) is 20.8 Å². The van der Waals surface area contributed by atoms with Crippen LogP contribution < -0.4 is 16.1 Å². The van der Waals surface area contributed by atoms with Crippen molar-refractivity contribution in [3.05, 3.63) is 67.8 Å². The highest BCUT2D eigenvalue weighted by Gasteiger charge is 2.20. The first-order valence-corrected chi connectivity index (χ1v) is 12.5. The maximum absolute atomic E-state index is 15.0. The average Bonchev–Trinajstić information content (AvgIpc) is 3.33. The Morgan fingerprint density at radius 2 is 2.03 bits per heavy atom. The van der Waals surface area contributed by atoms with E-state index in [2.05, 4.69) is 42.0 Å². The van der Waals surface area contributed by atoms with Crippen LogP contribution in [0.4, 0.5) is 21.5 Å². The number of benzene rings is 2. The second-order valence-electron chi connectivity index (χ2n) is 6.18. The predicted octanol–water partition coefficient (Wildman–Crippen LogP) is 6.19. The van der Waals surface area contributed by atoms with Gasteiger partial charge in [0.1, 0.15) is 0 Å². The zero-order chi connectivity index (χ0) is 26.2. The van der Waals surface area contributed by atoms with Crippen LogP contribution in [0.25, 0.3) is 0 Å². The lowest BCUT2D eigenvalue weighted by atomic mass is 10.1. The summed E-state index contributed by atoms with van der Waals surface area (Å²) in [5, 5.41) is 17.7. The van der Waals surface area contributed by atoms with Crippen LogP contribution >= 0.6 is 38.9 Å². The minimum Gasteiger partial charge on any atom is -0.394 e. The third kappa shape index (κ3) is 10.3. The van der Waals surface area contributed by atoms with Gasteiger partial charge in [0.2, 0.25) is 0 Å². The van der Waals surface area contributed by atoms with Crippen LogP contribution in [0, 0.1) is 12.7 Å². The van der Waals surface area contributed by atoms with Gasteiger partial charge in [-0.15, -0.1) is 11.3 Å². The first-order valence-electron chi connectivity index (χ1n) is 10.5. The molecule has 3 rings (SSSR count). The summed E-state index contributed by atoms with van der Waals surface area (Å²) in [6.07, 6.45) is 3.12. The van der Waals surface area contributed by atoms with Gasteiger partial charge in [0.15, 0.2) is 5.82 Å². The number of aliphatic hydroxyl groups excluding tert-OH is 1. The van der Waals surface area contributed by atoms with Gasteiger partial charge >= 0.3 is 0 Å². The van der Waals surface area contributed by atoms with Crippen LogP contribution in [0.1, 0.15) is 29.2 Å². The number of anilines is 3. The molecule has 190 valence electrons. The Hall–Kier alpha value is -2.57. The summed E-state index contributed by atoms with van der Waals surface area (Å²) in [6, 6.07) is 7.82. The maximum atomic E-state index is 15.0. The van der Waals surface area contributed by atoms with Gasteiger partial charge in [-0.1, -0.05) is 41.4 Å². The Labute approximate surface area is 221 Å². The summed E-state index contributed by atoms with van der Waals surface area (Å²) in [6.45, 7) is 5.63. The number of rotatable bonds is 8. The monoisotopic (exact) mass is 587 g/mol. The highest BCUT2D eigenvalue weighted by molar-refractivity contribution is 9.10. The van der Waals surface area contributed by atoms with E-state index in [0.717, 1.165) is 9.48 Å². The molecule has 0 aliphatic rings. The molecule has 0 fully saturated rings. The SMILES string of the molecule is CC.CN=CNc1ccc(C(=O)NOCCO)c(Nc2ccc(Br)cc2Cl)c1F.Cc1nccs1. The summed E-state index contributed by atoms with van der Waals surface area (Å²) in [7, 11) is 1.53. The summed E-state index contributed by atoms with van der Waals surface area (Å²) in [5.41, 5.74) is 2.56. The van der Waals surface area contributed by atoms with Gasteiger partial charge in [-0.25, -0.2) is 9.87 Å². The molecule has 0 atom stereocenters. The summed E-state index contributed by atoms with van der Waals surface area (Å²) >= 11 is 11.1. The second kappa shape index (κ2) is 17.0. The molecular formula is C23H28BrClFN5O3S. The number of thiazole rings is 1. The van der Waals surface area contributed by atoms with Crippen molar-refractivity contribution in [1.82, 2.24) is 10.5 Å². The maximum Gasteiger partial charge on any atom is 0.277 e. The largest absolute Gasteiger partial charge is 0.394 e. The van der Waals surface area contributed by atoms with Crippen molar-refractivity contribution in [2.75, 3.05) is 30.9 Å². The number of aryl methyl sites for hydroxylation is 1. The van der Waals surface area contributed by atoms with Gasteiger partial charge in [0, 0.05) is 23.1 Å². The van der Waals surface area contributed by atoms with Crippen molar-refractivity contribution in [3.63, 3.8) is 0 Å². The van der Waals surface area contributed by atoms with E-state index in [0.29, 0.717) is 10.7 Å². The fourth-order valence-electron chi connectivity index (χ4n) is 2.37. The van der Waals surface area contributed by atoms with E-state index < -0.39 is 11.7 Å². The molecule has 1 amide bonds. The zero-order valence-corrected chi connectivity index (χ0v) is 22.9. The van der Waals surface area contributed by atoms with Crippen molar-refractivity contribution in [2.24, 2.45) is 4.99 Å². The highest BCUT2D eigenvalue weighted by atomic mass is 79.9. The lowest BCUT2D eigenvalue weighted by Crippen LogP contribution is -2.26. The first kappa shape index (κ1) is 30.5. The van der Waals surface area contributed by atoms with Crippen LogP contribution in [0.2, 0.25) is 5.02 Å². The van der Waals surface area contributed by atoms with Crippen molar-refractivity contribution < 1.29 is 19.1 Å². The lowest BCUT2D eigenvalue weighted by Gasteiger charge is -2.16. The van der Waals surface area contributed by atoms with Crippen LogP contribution in [-0.4, -0.2) is 42.6 Å². The van der Waals surface area contributed by atoms with Crippen LogP contribution in [0.15, 0.2) is 51.4 Å². The normalized spacial score (nSPS) is 10.1. The molecule has 8 nitrogen and oxygen atoms in total. The molecule has 35 heavy (non-hydrogen) atoms. The van der Waals surface area contributed by atoms with Crippen LogP contribution in [0.3, 0.4) is 0 Å². The number of hydrogen-bond donors (Lipinski definition) is 4. The molecule has 4 N–H and O–H groups in total. The summed E-state index contributed by atoms with van der Waals surface area (Å²) < 4.78 is 15.8. The molecule has 12 heteroatoms. The number of aromatic nitrogens is 1. The quantitative estimate of drug-likeness (QED) is 0.108. The molecule has 0 radical (unpaired) electrons. The minimum absolute atomic E-state index is 0.0107. The number of nitrogens with one attached hydrogen (secondary N) is 3. The van der Waals surface area contributed by atoms with Gasteiger partial charge in [0.05, 0.1) is 52.2 Å². The molecule has 0 bridgehead atoms. The number of hydroxylamine groups is 1. The fraction of sp³-hybridized carbons (Fsp3) is 0.261. The van der Waals surface area contributed by atoms with E-state index in [1.54, 1.807) is 35.7 Å². The number of carbonyl (C=O) groups is 1. The number of carbonyl (C=O) groups excluding carboxylic acids is 1. The number of hydrogen-bond acceptors (Lipinski definition) is 7. The number of amides is 1. The van der Waals surface area contributed by atoms with Gasteiger partial charge < -0.3 is 15.7 Å². The Bertz CT molecular complexity index is 1090. The Kier molecular flexibility index (Phi) is 14.8. The smallest absolute Gasteiger partial charge is 0.277 e. The number of aliphatic hydroxyl groups is 1. The Morgan fingerprint density at radius 1 is 1.31 bits per heavy atom. The molecule has 1 aromatic heterocycles. The Morgan fingerprint density at radius 3 is 2.57 bits per heavy atom. The molecule has 0 unspecified atom stereocenters. The van der Waals surface area contributed by atoms with E-state index in [4.69, 9.17) is 21.5 Å². The Balaban J connectivity index is 0.000000654. The molecule has 0 spiro atoms. The third-order valence-electron chi connectivity index (χ3n) is 3.84. The number of halogens is 3. The van der Waals surface area contributed by atoms with Gasteiger partial charge in [-0.2, -0.15) is 0 Å². The summed E-state index contributed by atoms with van der Waals surface area (Å²) in [4.78, 5) is 24.8. The van der Waals surface area contributed by atoms with Gasteiger partial charge in [-0.05, 0) is 37.3 Å². The topological polar surface area (TPSA) is 108 Å². The molecule has 0 saturated heterocycles. The molecule has 0 aliphatic heterocycles. The average molecular weight is 589 g/mol. The van der Waals surface area contributed by atoms with Crippen LogP contribution in [0.5, 0.6) is 0 Å². The molecule has 3 aromatic rings. The first-order chi connectivity index (χ1) is 16.9. The van der Waals surface area contributed by atoms with Gasteiger partial charge in [0.25, 0.3) is 5.91 Å². The van der Waals surface area contributed by atoms with E-state index in [1.165, 1.54) is 25.5 Å². The molecule has 0 saturated carbocycles. The van der Waals surface area contributed by atoms with Gasteiger partial charge in [-0.3, -0.25) is 19.6 Å². The number of aliphatic imine (C=N–C) groups is 1. The second-order valence-corrected chi connectivity index (χ2v) is 8.61. The van der Waals surface area contributed by atoms with Crippen molar-refractivity contribution >= 4 is 68.2 Å². The highest BCUT2D eigenvalue weighted by Crippen LogP contribution is 2.33. The molecule has 2 aromatic carbocycles. The summed E-state index contributed by atoms with van der Waals surface area (Å²) in [5.74, 6) is -1.39. The standard InChI is InChI=1S/C17H17BrClFN4O3.C4H5NS.C2H6/c1-21-9-22-14-5-3-11(17(26)24-27-7-6-25)16(15(14)20)23-13-4-2-10(18)8-12(13)19;1-4-5-2-3-6-4;1-2/h2-5,8-9,23,25H,6-7H2,1H3,(H,21,22)(H,24,26);2-3H,1H3;1-2H3. The van der Waals surface area contributed by atoms with Crippen molar-refractivity contribution in [3.8, 4) is 0 Å². The molecule has 1 heterocycles. The lowest BCUT2D eigenvalue weighted by molar-refractivity contribution is 0.0169. The van der Waals surface area contributed by atoms with E-state index in [9.17, 15) is 4.79 Å². The molecule has 0 aliphatic carbocycles. The van der Waals surface area contributed by atoms with E-state index >= 15 is 4.39 Å². The third-order valence-corrected chi connectivity index (χ3v) is 5.35. The number of nitrogens with zero attached hydrogens (tertiary/aromatic N) is 2. The van der Waals surface area contributed by atoms with Crippen molar-refractivity contribution in [1.29, 1.82) is 0 Å². The fourth-order valence-corrected chi connectivity index (χ4v) is 3.53.